The van der Waals surface area contributed by atoms with E-state index in [1.54, 1.807) is 24.0 Å². The smallest absolute Gasteiger partial charge is 0.248 e. The third-order valence-electron chi connectivity index (χ3n) is 5.36. The van der Waals surface area contributed by atoms with Gasteiger partial charge in [-0.25, -0.2) is 9.37 Å². The van der Waals surface area contributed by atoms with Gasteiger partial charge in [0.15, 0.2) is 0 Å². The van der Waals surface area contributed by atoms with Gasteiger partial charge >= 0.3 is 0 Å². The van der Waals surface area contributed by atoms with Crippen LogP contribution in [0.4, 0.5) is 10.3 Å². The monoisotopic (exact) mass is 400 g/mol. The molecule has 1 amide bonds. The van der Waals surface area contributed by atoms with E-state index < -0.39 is 0 Å². The van der Waals surface area contributed by atoms with Crippen LogP contribution in [0.3, 0.4) is 0 Å². The van der Waals surface area contributed by atoms with Crippen LogP contribution in [-0.4, -0.2) is 54.1 Å². The molecule has 0 unspecified atom stereocenters. The fourth-order valence-corrected chi connectivity index (χ4v) is 3.73. The van der Waals surface area contributed by atoms with E-state index in [2.05, 4.69) is 9.88 Å². The number of hydrogen-bond donors (Lipinski definition) is 0. The molecule has 0 saturated carbocycles. The molecule has 1 aromatic heterocycles. The zero-order valence-corrected chi connectivity index (χ0v) is 16.8. The Kier molecular flexibility index (Phi) is 5.62. The molecule has 2 aromatic rings. The lowest BCUT2D eigenvalue weighted by molar-refractivity contribution is -0.136. The summed E-state index contributed by atoms with van der Waals surface area (Å²) in [6.45, 7) is 4.53. The maximum absolute atomic E-state index is 13.6. The van der Waals surface area contributed by atoms with E-state index in [1.807, 2.05) is 0 Å². The second-order valence-corrected chi connectivity index (χ2v) is 7.46. The van der Waals surface area contributed by atoms with Gasteiger partial charge in [0.1, 0.15) is 18.2 Å². The van der Waals surface area contributed by atoms with E-state index in [1.165, 1.54) is 13.2 Å². The molecule has 8 heteroatoms. The highest BCUT2D eigenvalue weighted by Crippen LogP contribution is 2.32. The highest BCUT2D eigenvalue weighted by atomic mass is 19.1. The van der Waals surface area contributed by atoms with Gasteiger partial charge in [-0.3, -0.25) is 4.79 Å². The number of carbonyl (C=O) groups is 1. The molecule has 0 N–H and O–H groups in total. The number of aromatic nitrogens is 2. The topological polar surface area (TPSA) is 67.8 Å². The van der Waals surface area contributed by atoms with Crippen LogP contribution in [0, 0.1) is 12.7 Å². The van der Waals surface area contributed by atoms with Crippen LogP contribution in [0.15, 0.2) is 18.2 Å². The molecule has 2 aliphatic heterocycles. The first-order chi connectivity index (χ1) is 14.0. The Morgan fingerprint density at radius 1 is 1.21 bits per heavy atom. The van der Waals surface area contributed by atoms with E-state index >= 15 is 0 Å². The van der Waals surface area contributed by atoms with Gasteiger partial charge in [0.05, 0.1) is 17.8 Å². The van der Waals surface area contributed by atoms with Gasteiger partial charge in [0.2, 0.25) is 17.7 Å². The van der Waals surface area contributed by atoms with E-state index in [9.17, 15) is 9.18 Å². The second kappa shape index (κ2) is 8.32. The van der Waals surface area contributed by atoms with Crippen molar-refractivity contribution in [2.45, 2.75) is 32.7 Å². The molecule has 1 fully saturated rings. The summed E-state index contributed by atoms with van der Waals surface area (Å²) >= 11 is 0. The minimum atomic E-state index is -0.281. The Hall–Kier alpha value is -2.74. The molecule has 3 heterocycles. The quantitative estimate of drug-likeness (QED) is 0.769. The highest BCUT2D eigenvalue weighted by Gasteiger charge is 2.28. The minimum absolute atomic E-state index is 0.0371. The summed E-state index contributed by atoms with van der Waals surface area (Å²) < 4.78 is 24.7. The second-order valence-electron chi connectivity index (χ2n) is 7.46. The third-order valence-corrected chi connectivity index (χ3v) is 5.36. The molecule has 0 spiro atoms. The molecule has 29 heavy (non-hydrogen) atoms. The molecule has 0 bridgehead atoms. The number of amides is 1. The van der Waals surface area contributed by atoms with Gasteiger partial charge in [-0.2, -0.15) is 4.98 Å². The van der Waals surface area contributed by atoms with Crippen molar-refractivity contribution in [3.63, 3.8) is 0 Å². The number of hydrogen-bond acceptors (Lipinski definition) is 6. The summed E-state index contributed by atoms with van der Waals surface area (Å²) in [4.78, 5) is 25.7. The van der Waals surface area contributed by atoms with Crippen molar-refractivity contribution >= 4 is 11.9 Å². The van der Waals surface area contributed by atoms with Crippen LogP contribution in [0.5, 0.6) is 11.6 Å². The molecule has 154 valence electrons. The standard InChI is InChI=1S/C21H25FN4O3/c1-14-11-15(5-6-17(14)22)29-20-16-12-26(19(27)13-28-2)10-7-18(16)23-21(24-20)25-8-3-4-9-25/h5-6,11H,3-4,7-10,12-13H2,1-2H3. The summed E-state index contributed by atoms with van der Waals surface area (Å²) in [6, 6.07) is 4.62. The number of fused-ring (bicyclic) bond motifs is 1. The summed E-state index contributed by atoms with van der Waals surface area (Å²) in [5.74, 6) is 1.24. The number of rotatable bonds is 5. The fraction of sp³-hybridized carbons (Fsp3) is 0.476. The number of methoxy groups -OCH3 is 1. The van der Waals surface area contributed by atoms with E-state index in [0.717, 1.165) is 37.2 Å². The third kappa shape index (κ3) is 4.17. The molecule has 0 radical (unpaired) electrons. The fourth-order valence-electron chi connectivity index (χ4n) is 3.73. The van der Waals surface area contributed by atoms with Crippen LogP contribution in [-0.2, 0) is 22.5 Å². The van der Waals surface area contributed by atoms with Crippen LogP contribution in [0.1, 0.15) is 29.7 Å². The molecule has 1 aromatic carbocycles. The summed E-state index contributed by atoms with van der Waals surface area (Å²) in [7, 11) is 1.51. The molecule has 2 aliphatic rings. The predicted octanol–water partition coefficient (Wildman–Crippen LogP) is 2.85. The summed E-state index contributed by atoms with van der Waals surface area (Å²) in [5, 5.41) is 0. The van der Waals surface area contributed by atoms with Crippen molar-refractivity contribution in [3.05, 3.63) is 40.8 Å². The first-order valence-electron chi connectivity index (χ1n) is 9.90. The zero-order valence-electron chi connectivity index (χ0n) is 16.8. The maximum atomic E-state index is 13.6. The van der Waals surface area contributed by atoms with Gasteiger partial charge in [0, 0.05) is 33.2 Å². The summed E-state index contributed by atoms with van der Waals surface area (Å²) in [6.07, 6.45) is 2.87. The number of anilines is 1. The molecule has 7 nitrogen and oxygen atoms in total. The minimum Gasteiger partial charge on any atom is -0.438 e. The van der Waals surface area contributed by atoms with Crippen molar-refractivity contribution in [3.8, 4) is 11.6 Å². The molecular formula is C21H25FN4O3. The van der Waals surface area contributed by atoms with E-state index in [4.69, 9.17) is 14.5 Å². The van der Waals surface area contributed by atoms with Gasteiger partial charge in [-0.1, -0.05) is 0 Å². The number of ether oxygens (including phenoxy) is 2. The largest absolute Gasteiger partial charge is 0.438 e. The number of nitrogens with zero attached hydrogens (tertiary/aromatic N) is 4. The zero-order chi connectivity index (χ0) is 20.4. The van der Waals surface area contributed by atoms with Crippen LogP contribution >= 0.6 is 0 Å². The summed E-state index contributed by atoms with van der Waals surface area (Å²) in [5.41, 5.74) is 2.20. The molecule has 4 rings (SSSR count). The first kappa shape index (κ1) is 19.6. The lowest BCUT2D eigenvalue weighted by Gasteiger charge is -2.30. The van der Waals surface area contributed by atoms with Crippen molar-refractivity contribution in [1.82, 2.24) is 14.9 Å². The molecule has 0 aliphatic carbocycles. The van der Waals surface area contributed by atoms with E-state index in [-0.39, 0.29) is 18.3 Å². The average Bonchev–Trinajstić information content (AvgIpc) is 3.25. The molecule has 0 atom stereocenters. The van der Waals surface area contributed by atoms with Crippen LogP contribution in [0.2, 0.25) is 0 Å². The Morgan fingerprint density at radius 3 is 2.72 bits per heavy atom. The number of carbonyl (C=O) groups excluding carboxylic acids is 1. The Labute approximate surface area is 169 Å². The Balaban J connectivity index is 1.69. The number of halogens is 1. The highest BCUT2D eigenvalue weighted by molar-refractivity contribution is 5.77. The Bertz CT molecular complexity index is 915. The maximum Gasteiger partial charge on any atom is 0.248 e. The first-order valence-corrected chi connectivity index (χ1v) is 9.90. The molecule has 1 saturated heterocycles. The lowest BCUT2D eigenvalue weighted by Crippen LogP contribution is -2.39. The number of benzene rings is 1. The normalized spacial score (nSPS) is 16.1. The lowest BCUT2D eigenvalue weighted by atomic mass is 10.1. The predicted molar refractivity (Wildman–Crippen MR) is 106 cm³/mol. The van der Waals surface area contributed by atoms with Crippen molar-refractivity contribution < 1.29 is 18.7 Å². The Morgan fingerprint density at radius 2 is 2.00 bits per heavy atom. The van der Waals surface area contributed by atoms with Crippen molar-refractivity contribution in [2.24, 2.45) is 0 Å². The van der Waals surface area contributed by atoms with E-state index in [0.29, 0.717) is 42.7 Å². The van der Waals surface area contributed by atoms with Crippen molar-refractivity contribution in [1.29, 1.82) is 0 Å². The van der Waals surface area contributed by atoms with Gasteiger partial charge in [-0.15, -0.1) is 0 Å². The van der Waals surface area contributed by atoms with Crippen LogP contribution in [0.25, 0.3) is 0 Å². The SMILES string of the molecule is COCC(=O)N1CCc2nc(N3CCCC3)nc(Oc3ccc(F)c(C)c3)c2C1. The molecular weight excluding hydrogens is 375 g/mol. The van der Waals surface area contributed by atoms with Crippen LogP contribution < -0.4 is 9.64 Å². The van der Waals surface area contributed by atoms with Gasteiger partial charge < -0.3 is 19.3 Å². The van der Waals surface area contributed by atoms with Crippen molar-refractivity contribution in [2.75, 3.05) is 38.3 Å². The van der Waals surface area contributed by atoms with Gasteiger partial charge in [0.25, 0.3) is 0 Å². The average molecular weight is 400 g/mol. The van der Waals surface area contributed by atoms with Gasteiger partial charge in [-0.05, 0) is 43.5 Å². The number of aryl methyl sites for hydroxylation is 1.